The van der Waals surface area contributed by atoms with Crippen molar-refractivity contribution in [2.75, 3.05) is 0 Å². The Morgan fingerprint density at radius 1 is 1.18 bits per heavy atom. The average molecular weight is 312 g/mol. The van der Waals surface area contributed by atoms with Crippen molar-refractivity contribution in [1.29, 1.82) is 0 Å². The van der Waals surface area contributed by atoms with E-state index in [1.165, 1.54) is 0 Å². The van der Waals surface area contributed by atoms with Crippen molar-refractivity contribution in [3.63, 3.8) is 0 Å². The van der Waals surface area contributed by atoms with E-state index < -0.39 is 11.7 Å². The first-order valence-corrected chi connectivity index (χ1v) is 8.01. The van der Waals surface area contributed by atoms with Crippen LogP contribution >= 0.6 is 0 Å². The van der Waals surface area contributed by atoms with E-state index in [4.69, 9.17) is 14.0 Å². The number of rotatable bonds is 2. The normalized spacial score (nSPS) is 30.4. The van der Waals surface area contributed by atoms with Crippen LogP contribution in [0.1, 0.15) is 61.3 Å². The maximum atomic E-state index is 11.8. The minimum atomic E-state index is -0.492. The largest absolute Gasteiger partial charge is 0.476 e. The molecular weight excluding hydrogens is 283 g/mol. The summed E-state index contributed by atoms with van der Waals surface area (Å²) in [6, 6.07) is 0. The van der Waals surface area contributed by atoms with Gasteiger partial charge in [-0.3, -0.25) is 5.32 Å². The molecule has 2 aliphatic heterocycles. The Bertz CT molecular complexity index is 418. The number of amides is 1. The Labute approximate surface area is 133 Å². The van der Waals surface area contributed by atoms with Crippen LogP contribution in [0.5, 0.6) is 0 Å². The van der Waals surface area contributed by atoms with E-state index in [2.05, 4.69) is 10.6 Å². The molecule has 0 bridgehead atoms. The zero-order chi connectivity index (χ0) is 16.8. The summed E-state index contributed by atoms with van der Waals surface area (Å²) in [5.41, 5.74) is -1.17. The smallest absolute Gasteiger partial charge is 0.444 e. The standard InChI is InChI=1S/C15H29BN2O4/c1-13(2,3)20-12(19)18-11-9-8-10(17-11)16-21-14(4,5)15(6,7)22-16/h10-11,17H,8-9H2,1-7H3,(H,18,19). The second-order valence-corrected chi connectivity index (χ2v) is 8.17. The third-order valence-corrected chi connectivity index (χ3v) is 4.47. The molecule has 2 N–H and O–H groups in total. The van der Waals surface area contributed by atoms with Crippen molar-refractivity contribution in [2.45, 2.75) is 90.2 Å². The van der Waals surface area contributed by atoms with Gasteiger partial charge in [0.25, 0.3) is 0 Å². The summed E-state index contributed by atoms with van der Waals surface area (Å²) in [4.78, 5) is 11.8. The molecule has 2 fully saturated rings. The van der Waals surface area contributed by atoms with Crippen LogP contribution in [0.4, 0.5) is 4.79 Å². The Kier molecular flexibility index (Phi) is 4.54. The molecule has 0 aromatic heterocycles. The highest BCUT2D eigenvalue weighted by Crippen LogP contribution is 2.38. The number of carbonyl (C=O) groups excluding carboxylic acids is 1. The highest BCUT2D eigenvalue weighted by atomic mass is 16.7. The molecule has 2 saturated heterocycles. The van der Waals surface area contributed by atoms with Gasteiger partial charge in [0.2, 0.25) is 0 Å². The maximum Gasteiger partial charge on any atom is 0.476 e. The van der Waals surface area contributed by atoms with Gasteiger partial charge in [0, 0.05) is 5.94 Å². The fraction of sp³-hybridized carbons (Fsp3) is 0.933. The van der Waals surface area contributed by atoms with Crippen molar-refractivity contribution in [2.24, 2.45) is 0 Å². The van der Waals surface area contributed by atoms with Gasteiger partial charge in [-0.2, -0.15) is 0 Å². The molecule has 2 unspecified atom stereocenters. The number of carbonyl (C=O) groups is 1. The van der Waals surface area contributed by atoms with Gasteiger partial charge in [0.1, 0.15) is 5.60 Å². The highest BCUT2D eigenvalue weighted by molar-refractivity contribution is 6.47. The van der Waals surface area contributed by atoms with Crippen molar-refractivity contribution in [3.05, 3.63) is 0 Å². The average Bonchev–Trinajstić information content (AvgIpc) is 2.79. The van der Waals surface area contributed by atoms with E-state index in [1.807, 2.05) is 48.5 Å². The summed E-state index contributed by atoms with van der Waals surface area (Å²) in [6.07, 6.45) is 1.20. The molecule has 126 valence electrons. The molecule has 2 atom stereocenters. The van der Waals surface area contributed by atoms with E-state index in [-0.39, 0.29) is 30.4 Å². The van der Waals surface area contributed by atoms with Gasteiger partial charge in [-0.25, -0.2) is 4.79 Å². The third kappa shape index (κ3) is 3.94. The molecule has 6 nitrogen and oxygen atoms in total. The minimum absolute atomic E-state index is 0.0704. The van der Waals surface area contributed by atoms with E-state index in [1.54, 1.807) is 0 Å². The second-order valence-electron chi connectivity index (χ2n) is 8.17. The topological polar surface area (TPSA) is 68.8 Å². The van der Waals surface area contributed by atoms with Gasteiger partial charge in [-0.15, -0.1) is 0 Å². The number of hydrogen-bond acceptors (Lipinski definition) is 5. The first kappa shape index (κ1) is 17.6. The lowest BCUT2D eigenvalue weighted by atomic mass is 9.77. The molecule has 0 aliphatic carbocycles. The number of nitrogens with one attached hydrogen (secondary N) is 2. The fourth-order valence-electron chi connectivity index (χ4n) is 2.60. The first-order valence-electron chi connectivity index (χ1n) is 8.01. The van der Waals surface area contributed by atoms with Crippen LogP contribution in [-0.2, 0) is 14.0 Å². The van der Waals surface area contributed by atoms with Gasteiger partial charge < -0.3 is 19.4 Å². The lowest BCUT2D eigenvalue weighted by Crippen LogP contribution is -2.50. The molecule has 2 heterocycles. The van der Waals surface area contributed by atoms with Crippen LogP contribution in [0.2, 0.25) is 0 Å². The zero-order valence-corrected chi connectivity index (χ0v) is 14.8. The van der Waals surface area contributed by atoms with Crippen LogP contribution in [0.25, 0.3) is 0 Å². The van der Waals surface area contributed by atoms with Crippen molar-refractivity contribution in [1.82, 2.24) is 10.6 Å². The molecule has 2 rings (SSSR count). The van der Waals surface area contributed by atoms with E-state index in [9.17, 15) is 4.79 Å². The van der Waals surface area contributed by atoms with E-state index in [0.29, 0.717) is 0 Å². The highest BCUT2D eigenvalue weighted by Gasteiger charge is 2.54. The van der Waals surface area contributed by atoms with Crippen LogP contribution in [0.15, 0.2) is 0 Å². The quantitative estimate of drug-likeness (QED) is 0.765. The summed E-state index contributed by atoms with van der Waals surface area (Å²) in [5.74, 6) is 0.0704. The van der Waals surface area contributed by atoms with Gasteiger partial charge in [0.15, 0.2) is 0 Å². The van der Waals surface area contributed by atoms with Crippen LogP contribution in [0.3, 0.4) is 0 Å². The number of alkyl carbamates (subject to hydrolysis) is 1. The molecule has 22 heavy (non-hydrogen) atoms. The minimum Gasteiger partial charge on any atom is -0.444 e. The predicted molar refractivity (Wildman–Crippen MR) is 85.4 cm³/mol. The van der Waals surface area contributed by atoms with Crippen LogP contribution in [0, 0.1) is 0 Å². The molecule has 1 amide bonds. The molecule has 0 saturated carbocycles. The van der Waals surface area contributed by atoms with Crippen molar-refractivity contribution in [3.8, 4) is 0 Å². The SMILES string of the molecule is CC(C)(C)OC(=O)NC1CCC(B2OC(C)(C)C(C)(C)O2)N1. The van der Waals surface area contributed by atoms with Crippen molar-refractivity contribution >= 4 is 13.2 Å². The summed E-state index contributed by atoms with van der Waals surface area (Å²) in [5, 5.41) is 6.21. The number of hydrogen-bond donors (Lipinski definition) is 2. The van der Waals surface area contributed by atoms with Crippen LogP contribution < -0.4 is 10.6 Å². The molecule has 7 heteroatoms. The van der Waals surface area contributed by atoms with Crippen LogP contribution in [-0.4, -0.2) is 42.1 Å². The predicted octanol–water partition coefficient (Wildman–Crippen LogP) is 2.22. The monoisotopic (exact) mass is 312 g/mol. The molecule has 0 aromatic carbocycles. The molecular formula is C15H29BN2O4. The van der Waals surface area contributed by atoms with Gasteiger partial charge in [-0.1, -0.05) is 0 Å². The molecule has 0 spiro atoms. The van der Waals surface area contributed by atoms with Gasteiger partial charge in [0.05, 0.1) is 17.4 Å². The summed E-state index contributed by atoms with van der Waals surface area (Å²) >= 11 is 0. The lowest BCUT2D eigenvalue weighted by molar-refractivity contribution is 0.00578. The summed E-state index contributed by atoms with van der Waals surface area (Å²) in [6.45, 7) is 13.7. The molecule has 2 aliphatic rings. The van der Waals surface area contributed by atoms with Gasteiger partial charge in [-0.05, 0) is 61.3 Å². The van der Waals surface area contributed by atoms with E-state index in [0.717, 1.165) is 12.8 Å². The van der Waals surface area contributed by atoms with Gasteiger partial charge >= 0.3 is 13.2 Å². The Morgan fingerprint density at radius 3 is 2.23 bits per heavy atom. The Morgan fingerprint density at radius 2 is 1.73 bits per heavy atom. The summed E-state index contributed by atoms with van der Waals surface area (Å²) < 4.78 is 17.4. The van der Waals surface area contributed by atoms with Crippen molar-refractivity contribution < 1.29 is 18.8 Å². The third-order valence-electron chi connectivity index (χ3n) is 4.47. The Hall–Kier alpha value is -0.785. The summed E-state index contributed by atoms with van der Waals surface area (Å²) in [7, 11) is -0.296. The second kappa shape index (κ2) is 5.69. The van der Waals surface area contributed by atoms with E-state index >= 15 is 0 Å². The lowest BCUT2D eigenvalue weighted by Gasteiger charge is -2.32. The molecule has 0 radical (unpaired) electrons. The number of ether oxygens (including phenoxy) is 1. The zero-order valence-electron chi connectivity index (χ0n) is 14.8. The maximum absolute atomic E-state index is 11.8. The fourth-order valence-corrected chi connectivity index (χ4v) is 2.60. The molecule has 0 aromatic rings. The Balaban J connectivity index is 1.85. The first-order chi connectivity index (χ1) is 9.90.